The fourth-order valence-electron chi connectivity index (χ4n) is 9.08. The maximum Gasteiger partial charge on any atom is 0.0553 e. The van der Waals surface area contributed by atoms with Gasteiger partial charge in [0.2, 0.25) is 0 Å². The van der Waals surface area contributed by atoms with Crippen LogP contribution in [-0.4, -0.2) is 19.6 Å². The summed E-state index contributed by atoms with van der Waals surface area (Å²) in [7, 11) is 0. The van der Waals surface area contributed by atoms with Crippen LogP contribution >= 0.6 is 35.3 Å². The first kappa shape index (κ1) is 41.1. The summed E-state index contributed by atoms with van der Waals surface area (Å²) in [6.45, 7) is 10.0. The summed E-state index contributed by atoms with van der Waals surface area (Å²) in [5.41, 5.74) is 13.2. The molecule has 0 spiro atoms. The summed E-state index contributed by atoms with van der Waals surface area (Å²) in [5, 5.41) is 0. The molecule has 0 radical (unpaired) electrons. The van der Waals surface area contributed by atoms with Crippen molar-refractivity contribution >= 4 is 69.4 Å². The van der Waals surface area contributed by atoms with Crippen LogP contribution in [0, 0.1) is 0 Å². The van der Waals surface area contributed by atoms with E-state index in [-0.39, 0.29) is 0 Å². The van der Waals surface area contributed by atoms with Crippen LogP contribution in [-0.2, 0) is 0 Å². The highest BCUT2D eigenvalue weighted by molar-refractivity contribution is 8.00. The first-order valence-corrected chi connectivity index (χ1v) is 25.2. The second kappa shape index (κ2) is 19.2. The summed E-state index contributed by atoms with van der Waals surface area (Å²) >= 11 is 5.79. The topological polar surface area (TPSA) is 9.72 Å². The molecule has 3 nitrogen and oxygen atoms in total. The van der Waals surface area contributed by atoms with Crippen LogP contribution in [0.4, 0.5) is 34.1 Å². The monoisotopic (exact) mass is 845 g/mol. The van der Waals surface area contributed by atoms with Gasteiger partial charge in [0, 0.05) is 49.0 Å². The van der Waals surface area contributed by atoms with E-state index in [1.54, 1.807) is 0 Å². The van der Waals surface area contributed by atoms with Gasteiger partial charge in [-0.1, -0.05) is 162 Å². The smallest absolute Gasteiger partial charge is 0.0553 e. The minimum absolute atomic E-state index is 1.03. The molecule has 6 heteroatoms. The van der Waals surface area contributed by atoms with Gasteiger partial charge in [0.05, 0.1) is 34.1 Å². The Kier molecular flexibility index (Phi) is 13.2. The second-order valence-electron chi connectivity index (χ2n) is 16.6. The normalized spacial score (nSPS) is 13.6. The molecule has 0 aliphatic carbocycles. The summed E-state index contributed by atoms with van der Waals surface area (Å²) < 4.78 is 0. The molecule has 3 aliphatic heterocycles. The van der Waals surface area contributed by atoms with Gasteiger partial charge in [0.25, 0.3) is 0 Å². The number of nitrogens with zero attached hydrogens (tertiary/aromatic N) is 3. The number of hydrogen-bond donors (Lipinski definition) is 0. The average molecular weight is 846 g/mol. The average Bonchev–Trinajstić information content (AvgIpc) is 3.28. The Hall–Kier alpha value is -4.23. The maximum absolute atomic E-state index is 2.61. The van der Waals surface area contributed by atoms with Crippen LogP contribution in [0.25, 0.3) is 22.3 Å². The molecule has 6 aromatic rings. The number of unbranched alkanes of at least 4 members (excludes halogenated alkanes) is 9. The molecule has 0 N–H and O–H groups in total. The van der Waals surface area contributed by atoms with Gasteiger partial charge < -0.3 is 14.7 Å². The van der Waals surface area contributed by atoms with Crippen molar-refractivity contribution in [3.63, 3.8) is 0 Å². The van der Waals surface area contributed by atoms with E-state index >= 15 is 0 Å². The van der Waals surface area contributed by atoms with E-state index in [1.807, 2.05) is 35.3 Å². The van der Waals surface area contributed by atoms with Crippen LogP contribution in [0.15, 0.2) is 151 Å². The minimum Gasteiger partial charge on any atom is -0.340 e. The highest BCUT2D eigenvalue weighted by Gasteiger charge is 2.28. The van der Waals surface area contributed by atoms with Crippen molar-refractivity contribution in [3.8, 4) is 22.3 Å². The summed E-state index contributed by atoms with van der Waals surface area (Å²) in [5.74, 6) is 0. The van der Waals surface area contributed by atoms with Crippen LogP contribution in [0.1, 0.15) is 97.8 Å². The molecule has 0 aromatic heterocycles. The largest absolute Gasteiger partial charge is 0.340 e. The van der Waals surface area contributed by atoms with E-state index < -0.39 is 0 Å². The third-order valence-electron chi connectivity index (χ3n) is 12.3. The molecule has 9 rings (SSSR count). The second-order valence-corrected chi connectivity index (χ2v) is 19.9. The van der Waals surface area contributed by atoms with Crippen molar-refractivity contribution in [3.05, 3.63) is 121 Å². The van der Waals surface area contributed by atoms with Crippen molar-refractivity contribution < 1.29 is 0 Å². The van der Waals surface area contributed by atoms with E-state index in [9.17, 15) is 0 Å². The zero-order valence-electron chi connectivity index (χ0n) is 35.7. The zero-order chi connectivity index (χ0) is 40.8. The van der Waals surface area contributed by atoms with Crippen molar-refractivity contribution in [2.45, 2.75) is 127 Å². The summed E-state index contributed by atoms with van der Waals surface area (Å²) in [6.07, 6.45) is 15.1. The minimum atomic E-state index is 1.03. The van der Waals surface area contributed by atoms with E-state index in [0.29, 0.717) is 0 Å². The number of benzene rings is 6. The molecule has 0 fully saturated rings. The molecular weight excluding hydrogens is 787 g/mol. The van der Waals surface area contributed by atoms with Crippen LogP contribution in [0.2, 0.25) is 0 Å². The Bertz CT molecular complexity index is 2280. The van der Waals surface area contributed by atoms with Crippen molar-refractivity contribution in [1.29, 1.82) is 0 Å². The van der Waals surface area contributed by atoms with Gasteiger partial charge in [0.1, 0.15) is 0 Å². The van der Waals surface area contributed by atoms with Gasteiger partial charge >= 0.3 is 0 Å². The van der Waals surface area contributed by atoms with Crippen molar-refractivity contribution in [2.75, 3.05) is 34.3 Å². The maximum atomic E-state index is 2.61. The summed E-state index contributed by atoms with van der Waals surface area (Å²) in [4.78, 5) is 15.8. The third-order valence-corrected chi connectivity index (χ3v) is 15.7. The highest BCUT2D eigenvalue weighted by atomic mass is 32.2. The number of rotatable bonds is 17. The lowest BCUT2D eigenvalue weighted by atomic mass is 10.0. The number of anilines is 6. The van der Waals surface area contributed by atoms with Crippen LogP contribution in [0.5, 0.6) is 0 Å². The SMILES string of the molecule is CCCCCCN1c2ccccc2Sc2cc(-c3ccc4c(c3)Sc3cc(-c5ccc6c(c5)Sc5ccccc5N6CCCCCC)ccc3N4CCCCCC)ccc21. The fourth-order valence-corrected chi connectivity index (χ4v) is 12.5. The molecule has 0 bridgehead atoms. The van der Waals surface area contributed by atoms with Gasteiger partial charge in [-0.15, -0.1) is 0 Å². The lowest BCUT2D eigenvalue weighted by Crippen LogP contribution is -2.22. The molecule has 0 unspecified atom stereocenters. The quantitative estimate of drug-likeness (QED) is 0.0840. The fraction of sp³-hybridized carbons (Fsp3) is 0.333. The van der Waals surface area contributed by atoms with Gasteiger partial charge in [-0.25, -0.2) is 0 Å². The van der Waals surface area contributed by atoms with Gasteiger partial charge in [-0.05, 0) is 114 Å². The molecule has 0 amide bonds. The van der Waals surface area contributed by atoms with Crippen LogP contribution in [0.3, 0.4) is 0 Å². The number of fused-ring (bicyclic) bond motifs is 6. The molecule has 6 aromatic carbocycles. The number of para-hydroxylation sites is 2. The predicted octanol–water partition coefficient (Wildman–Crippen LogP) is 17.6. The molecule has 308 valence electrons. The number of hydrogen-bond acceptors (Lipinski definition) is 6. The highest BCUT2D eigenvalue weighted by Crippen LogP contribution is 2.54. The molecule has 3 aliphatic rings. The Morgan fingerprint density at radius 1 is 0.300 bits per heavy atom. The van der Waals surface area contributed by atoms with E-state index in [4.69, 9.17) is 0 Å². The summed E-state index contributed by atoms with van der Waals surface area (Å²) in [6, 6.07) is 46.7. The predicted molar refractivity (Wildman–Crippen MR) is 262 cm³/mol. The lowest BCUT2D eigenvalue weighted by Gasteiger charge is -2.34. The molecule has 3 heterocycles. The standard InChI is InChI=1S/C54H59N3S3/c1-4-7-10-17-32-55-43-20-13-15-22-49(43)58-51-35-39(24-28-45(51)55)41-26-30-47-53(37-41)60-54-38-42(27-31-48(54)57(47)34-19-12-9-6-3)40-25-29-46-52(36-40)59-50-23-16-14-21-44(50)56(46)33-18-11-8-5-2/h13-16,20-31,35-38H,4-12,17-19,32-34H2,1-3H3. The van der Waals surface area contributed by atoms with E-state index in [0.717, 1.165) is 19.6 Å². The first-order chi connectivity index (χ1) is 29.6. The third kappa shape index (κ3) is 8.62. The van der Waals surface area contributed by atoms with Crippen LogP contribution < -0.4 is 14.7 Å². The van der Waals surface area contributed by atoms with Crippen molar-refractivity contribution in [1.82, 2.24) is 0 Å². The Morgan fingerprint density at radius 3 is 0.900 bits per heavy atom. The molecule has 0 saturated heterocycles. The first-order valence-electron chi connectivity index (χ1n) is 22.7. The van der Waals surface area contributed by atoms with Crippen molar-refractivity contribution in [2.24, 2.45) is 0 Å². The Morgan fingerprint density at radius 2 is 0.583 bits per heavy atom. The Balaban J connectivity index is 1.02. The molecule has 60 heavy (non-hydrogen) atoms. The van der Waals surface area contributed by atoms with Gasteiger partial charge in [-0.2, -0.15) is 0 Å². The zero-order valence-corrected chi connectivity index (χ0v) is 38.2. The van der Waals surface area contributed by atoms with E-state index in [2.05, 4.69) is 157 Å². The molecule has 0 atom stereocenters. The lowest BCUT2D eigenvalue weighted by molar-refractivity contribution is 0.665. The van der Waals surface area contributed by atoms with Gasteiger partial charge in [0.15, 0.2) is 0 Å². The van der Waals surface area contributed by atoms with E-state index in [1.165, 1.54) is 163 Å². The molecular formula is C54H59N3S3. The van der Waals surface area contributed by atoms with Gasteiger partial charge in [-0.3, -0.25) is 0 Å². The Labute approximate surface area is 372 Å². The molecule has 0 saturated carbocycles.